The molecule has 0 aliphatic carbocycles. The molecule has 0 bridgehead atoms. The summed E-state index contributed by atoms with van der Waals surface area (Å²) in [7, 11) is 3.04. The van der Waals surface area contributed by atoms with Gasteiger partial charge in [0.25, 0.3) is 0 Å². The van der Waals surface area contributed by atoms with Crippen molar-refractivity contribution in [3.05, 3.63) is 47.5 Å². The number of phenols is 2. The second kappa shape index (κ2) is 10.3. The largest absolute Gasteiger partial charge is 0.504 e. The fraction of sp³-hybridized carbons (Fsp3) is 0.364. The Hall–Kier alpha value is -3.02. The van der Waals surface area contributed by atoms with Crippen LogP contribution >= 0.6 is 0 Å². The molecule has 0 unspecified atom stereocenters. The second-order valence-corrected chi connectivity index (χ2v) is 6.05. The first kappa shape index (κ1) is 21.3. The van der Waals surface area contributed by atoms with E-state index in [1.165, 1.54) is 14.2 Å². The molecule has 6 nitrogen and oxygen atoms in total. The highest BCUT2D eigenvalue weighted by Gasteiger charge is 2.17. The molecule has 2 N–H and O–H groups in total. The van der Waals surface area contributed by atoms with Gasteiger partial charge in [-0.2, -0.15) is 0 Å². The van der Waals surface area contributed by atoms with E-state index in [-0.39, 0.29) is 11.5 Å². The molecule has 28 heavy (non-hydrogen) atoms. The Labute approximate surface area is 166 Å². The number of phenolic OH excluding ortho intramolecular Hbond substituents is 2. The summed E-state index contributed by atoms with van der Waals surface area (Å²) in [5.74, 6) is 0.981. The number of ether oxygens (including phenoxy) is 2. The number of hydrogen-bond donors (Lipinski definition) is 2. The molecular formula is C22H28N2O4. The van der Waals surface area contributed by atoms with Crippen LogP contribution in [0.3, 0.4) is 0 Å². The Bertz CT molecular complexity index is 788. The monoisotopic (exact) mass is 384 g/mol. The van der Waals surface area contributed by atoms with Gasteiger partial charge in [-0.15, -0.1) is 0 Å². The van der Waals surface area contributed by atoms with E-state index in [0.717, 1.165) is 11.4 Å². The van der Waals surface area contributed by atoms with Crippen molar-refractivity contribution < 1.29 is 19.7 Å². The maximum atomic E-state index is 10.5. The van der Waals surface area contributed by atoms with Crippen molar-refractivity contribution in [3.8, 4) is 23.0 Å². The minimum absolute atomic E-state index is 0.0791. The van der Waals surface area contributed by atoms with E-state index in [1.807, 2.05) is 38.1 Å². The number of rotatable bonds is 9. The van der Waals surface area contributed by atoms with Gasteiger partial charge in [0.15, 0.2) is 23.0 Å². The van der Waals surface area contributed by atoms with Gasteiger partial charge in [0, 0.05) is 35.6 Å². The van der Waals surface area contributed by atoms with Crippen LogP contribution in [0, 0.1) is 0 Å². The van der Waals surface area contributed by atoms with E-state index in [4.69, 9.17) is 9.47 Å². The zero-order valence-corrected chi connectivity index (χ0v) is 16.9. The molecule has 0 fully saturated rings. The number of hydrogen-bond acceptors (Lipinski definition) is 6. The first-order valence-corrected chi connectivity index (χ1v) is 9.36. The summed E-state index contributed by atoms with van der Waals surface area (Å²) in [6.45, 7) is 5.09. The van der Waals surface area contributed by atoms with Crippen LogP contribution in [0.1, 0.15) is 37.8 Å². The minimum atomic E-state index is 0.0791. The zero-order valence-electron chi connectivity index (χ0n) is 16.9. The van der Waals surface area contributed by atoms with Crippen molar-refractivity contribution in [2.24, 2.45) is 9.98 Å². The third-order valence-corrected chi connectivity index (χ3v) is 4.36. The quantitative estimate of drug-likeness (QED) is 0.634. The van der Waals surface area contributed by atoms with Gasteiger partial charge >= 0.3 is 0 Å². The Morgan fingerprint density at radius 2 is 1.14 bits per heavy atom. The smallest absolute Gasteiger partial charge is 0.166 e. The van der Waals surface area contributed by atoms with Gasteiger partial charge in [0.05, 0.1) is 14.2 Å². The average molecular weight is 384 g/mol. The summed E-state index contributed by atoms with van der Waals surface area (Å²) >= 11 is 0. The molecule has 2 aromatic carbocycles. The number of nitrogens with zero attached hydrogens (tertiary/aromatic N) is 2. The molecule has 0 atom stereocenters. The third-order valence-electron chi connectivity index (χ3n) is 4.36. The van der Waals surface area contributed by atoms with Crippen molar-refractivity contribution >= 4 is 11.4 Å². The zero-order chi connectivity index (χ0) is 20.5. The van der Waals surface area contributed by atoms with Crippen molar-refractivity contribution in [3.63, 3.8) is 0 Å². The number of benzene rings is 2. The van der Waals surface area contributed by atoms with Gasteiger partial charge < -0.3 is 19.7 Å². The first-order valence-electron chi connectivity index (χ1n) is 9.36. The Morgan fingerprint density at radius 1 is 0.750 bits per heavy atom. The summed E-state index contributed by atoms with van der Waals surface area (Å²) in [4.78, 5) is 9.14. The van der Waals surface area contributed by atoms with E-state index in [2.05, 4.69) is 9.98 Å². The first-order chi connectivity index (χ1) is 13.6. The molecule has 0 heterocycles. The molecule has 0 spiro atoms. The van der Waals surface area contributed by atoms with Crippen LogP contribution in [0.25, 0.3) is 0 Å². The highest BCUT2D eigenvalue weighted by atomic mass is 16.5. The molecule has 0 amide bonds. The number of para-hydroxylation sites is 2. The van der Waals surface area contributed by atoms with Crippen molar-refractivity contribution in [1.82, 2.24) is 0 Å². The fourth-order valence-corrected chi connectivity index (χ4v) is 3.06. The van der Waals surface area contributed by atoms with Gasteiger partial charge in [-0.25, -0.2) is 0 Å². The molecule has 6 heteroatoms. The van der Waals surface area contributed by atoms with E-state index in [9.17, 15) is 10.2 Å². The van der Waals surface area contributed by atoms with Crippen molar-refractivity contribution in [2.45, 2.75) is 26.7 Å². The highest BCUT2D eigenvalue weighted by molar-refractivity contribution is 6.09. The molecule has 0 saturated heterocycles. The lowest BCUT2D eigenvalue weighted by molar-refractivity contribution is 0.373. The average Bonchev–Trinajstić information content (AvgIpc) is 2.71. The third kappa shape index (κ3) is 4.82. The Morgan fingerprint density at radius 3 is 1.46 bits per heavy atom. The number of aliphatic imine (C=N–C) groups is 2. The van der Waals surface area contributed by atoms with E-state index in [0.29, 0.717) is 48.6 Å². The van der Waals surface area contributed by atoms with Crippen molar-refractivity contribution in [1.29, 1.82) is 0 Å². The second-order valence-electron chi connectivity index (χ2n) is 6.05. The van der Waals surface area contributed by atoms with Gasteiger partial charge in [0.1, 0.15) is 0 Å². The summed E-state index contributed by atoms with van der Waals surface area (Å²) in [5, 5.41) is 21.0. The lowest BCUT2D eigenvalue weighted by Crippen LogP contribution is -2.09. The molecule has 0 aliphatic heterocycles. The van der Waals surface area contributed by atoms with Gasteiger partial charge in [-0.3, -0.25) is 9.98 Å². The molecule has 0 saturated carbocycles. The molecule has 2 rings (SSSR count). The number of methoxy groups -OCH3 is 2. The maximum Gasteiger partial charge on any atom is 0.166 e. The lowest BCUT2D eigenvalue weighted by Gasteiger charge is -2.14. The molecule has 0 aliphatic rings. The van der Waals surface area contributed by atoms with Crippen LogP contribution in [-0.4, -0.2) is 48.9 Å². The van der Waals surface area contributed by atoms with Gasteiger partial charge in [-0.1, -0.05) is 12.1 Å². The topological polar surface area (TPSA) is 83.6 Å². The van der Waals surface area contributed by atoms with Crippen LogP contribution in [0.4, 0.5) is 0 Å². The molecule has 0 aromatic heterocycles. The van der Waals surface area contributed by atoms with Gasteiger partial charge in [-0.05, 0) is 51.0 Å². The molecular weight excluding hydrogens is 356 g/mol. The Kier molecular flexibility index (Phi) is 7.87. The van der Waals surface area contributed by atoms with Crippen molar-refractivity contribution in [2.75, 3.05) is 27.3 Å². The maximum absolute atomic E-state index is 10.5. The normalized spacial score (nSPS) is 12.1. The predicted molar refractivity (Wildman–Crippen MR) is 113 cm³/mol. The summed E-state index contributed by atoms with van der Waals surface area (Å²) in [5.41, 5.74) is 2.83. The Balaban J connectivity index is 2.34. The number of aromatic hydroxyl groups is 2. The lowest BCUT2D eigenvalue weighted by atomic mass is 9.98. The van der Waals surface area contributed by atoms with Crippen LogP contribution in [0.2, 0.25) is 0 Å². The van der Waals surface area contributed by atoms with Crippen LogP contribution in [0.15, 0.2) is 46.4 Å². The van der Waals surface area contributed by atoms with Crippen LogP contribution < -0.4 is 9.47 Å². The van der Waals surface area contributed by atoms with Crippen LogP contribution in [0.5, 0.6) is 23.0 Å². The van der Waals surface area contributed by atoms with Gasteiger partial charge in [0.2, 0.25) is 0 Å². The standard InChI is InChI=1S/C22H28N2O4/c1-5-23-17(15-9-7-11-19(27-3)21(15)25)13-14-18(24-6-2)16-10-8-12-20(28-4)22(16)26/h7-12,25-26H,5-6,13-14H2,1-4H3. The summed E-state index contributed by atoms with van der Waals surface area (Å²) in [6.07, 6.45) is 1.12. The van der Waals surface area contributed by atoms with E-state index in [1.54, 1.807) is 12.1 Å². The van der Waals surface area contributed by atoms with E-state index >= 15 is 0 Å². The molecule has 2 aromatic rings. The highest BCUT2D eigenvalue weighted by Crippen LogP contribution is 2.33. The molecule has 150 valence electrons. The SMILES string of the molecule is CCN=C(CCC(=NCC)c1cccc(OC)c1O)c1cccc(OC)c1O. The molecule has 0 radical (unpaired) electrons. The van der Waals surface area contributed by atoms with Crippen LogP contribution in [-0.2, 0) is 0 Å². The fourth-order valence-electron chi connectivity index (χ4n) is 3.06. The predicted octanol–water partition coefficient (Wildman–Crippen LogP) is 4.21. The minimum Gasteiger partial charge on any atom is -0.504 e. The summed E-state index contributed by atoms with van der Waals surface area (Å²) < 4.78 is 10.4. The summed E-state index contributed by atoms with van der Waals surface area (Å²) in [6, 6.07) is 10.7. The van der Waals surface area contributed by atoms with E-state index < -0.39 is 0 Å².